The van der Waals surface area contributed by atoms with Gasteiger partial charge in [-0.05, 0) is 0 Å². The van der Waals surface area contributed by atoms with Crippen molar-refractivity contribution in [3.05, 3.63) is 0 Å². The van der Waals surface area contributed by atoms with Crippen LogP contribution in [0.4, 0.5) is 4.79 Å². The van der Waals surface area contributed by atoms with Crippen LogP contribution in [0.25, 0.3) is 0 Å². The van der Waals surface area contributed by atoms with Crippen LogP contribution in [0, 0.1) is 0 Å². The highest BCUT2D eigenvalue weighted by molar-refractivity contribution is 5.66. The molecule has 0 aromatic heterocycles. The zero-order valence-electron chi connectivity index (χ0n) is 5.88. The van der Waals surface area contributed by atoms with Gasteiger partial charge in [0.25, 0.3) is 0 Å². The summed E-state index contributed by atoms with van der Waals surface area (Å²) in [6.07, 6.45) is -0.392. The van der Waals surface area contributed by atoms with Crippen molar-refractivity contribution in [1.82, 2.24) is 4.90 Å². The lowest BCUT2D eigenvalue weighted by Crippen LogP contribution is -2.28. The standard InChI is InChI=1S/C5H11NO3/c1-6(4-8-2)5(7)9-3/h4H2,1-3H3. The first-order valence-electron chi connectivity index (χ1n) is 2.50. The smallest absolute Gasteiger partial charge is 0.411 e. The molecule has 0 unspecified atom stereocenters. The van der Waals surface area contributed by atoms with Gasteiger partial charge in [0, 0.05) is 14.2 Å². The Morgan fingerprint density at radius 2 is 2.11 bits per heavy atom. The van der Waals surface area contributed by atoms with Crippen molar-refractivity contribution in [2.45, 2.75) is 0 Å². The summed E-state index contributed by atoms with van der Waals surface area (Å²) in [4.78, 5) is 11.8. The minimum Gasteiger partial charge on any atom is -0.453 e. The van der Waals surface area contributed by atoms with Gasteiger partial charge in [-0.2, -0.15) is 0 Å². The number of amides is 1. The minimum absolute atomic E-state index is 0.257. The Kier molecular flexibility index (Phi) is 3.79. The van der Waals surface area contributed by atoms with Crippen LogP contribution < -0.4 is 0 Å². The molecule has 0 fully saturated rings. The van der Waals surface area contributed by atoms with E-state index in [-0.39, 0.29) is 6.73 Å². The number of ether oxygens (including phenoxy) is 2. The molecule has 1 amide bonds. The van der Waals surface area contributed by atoms with E-state index >= 15 is 0 Å². The summed E-state index contributed by atoms with van der Waals surface area (Å²) >= 11 is 0. The van der Waals surface area contributed by atoms with Gasteiger partial charge in [0.05, 0.1) is 7.11 Å². The van der Waals surface area contributed by atoms with Crippen molar-refractivity contribution in [1.29, 1.82) is 0 Å². The quantitative estimate of drug-likeness (QED) is 0.508. The minimum atomic E-state index is -0.392. The number of rotatable bonds is 2. The molecule has 54 valence electrons. The Labute approximate surface area is 54.3 Å². The second-order valence-corrected chi connectivity index (χ2v) is 1.59. The van der Waals surface area contributed by atoms with Gasteiger partial charge in [0.2, 0.25) is 0 Å². The lowest BCUT2D eigenvalue weighted by atomic mass is 10.9. The average molecular weight is 133 g/mol. The summed E-state index contributed by atoms with van der Waals surface area (Å²) < 4.78 is 9.02. The molecule has 0 aromatic carbocycles. The molecule has 0 spiro atoms. The van der Waals surface area contributed by atoms with E-state index in [4.69, 9.17) is 0 Å². The first-order chi connectivity index (χ1) is 4.22. The molecule has 0 heterocycles. The molecule has 0 saturated heterocycles. The molecule has 0 rings (SSSR count). The van der Waals surface area contributed by atoms with Crippen LogP contribution in [0.1, 0.15) is 0 Å². The molecular weight excluding hydrogens is 122 g/mol. The van der Waals surface area contributed by atoms with Crippen molar-refractivity contribution in [2.75, 3.05) is 28.0 Å². The maximum atomic E-state index is 10.5. The van der Waals surface area contributed by atoms with E-state index in [9.17, 15) is 4.79 Å². The Bertz CT molecular complexity index is 94.2. The molecule has 4 heteroatoms. The van der Waals surface area contributed by atoms with E-state index < -0.39 is 6.09 Å². The maximum absolute atomic E-state index is 10.5. The van der Waals surface area contributed by atoms with Crippen LogP contribution in [0.3, 0.4) is 0 Å². The van der Waals surface area contributed by atoms with Crippen LogP contribution in [0.15, 0.2) is 0 Å². The van der Waals surface area contributed by atoms with Gasteiger partial charge in [0.1, 0.15) is 6.73 Å². The zero-order valence-corrected chi connectivity index (χ0v) is 5.88. The summed E-state index contributed by atoms with van der Waals surface area (Å²) in [5, 5.41) is 0. The SMILES string of the molecule is COCN(C)C(=O)OC. The number of methoxy groups -OCH3 is 2. The fourth-order valence-electron chi connectivity index (χ4n) is 0.402. The third-order valence-corrected chi connectivity index (χ3v) is 0.809. The van der Waals surface area contributed by atoms with Crippen LogP contribution in [-0.4, -0.2) is 39.0 Å². The largest absolute Gasteiger partial charge is 0.453 e. The third-order valence-electron chi connectivity index (χ3n) is 0.809. The van der Waals surface area contributed by atoms with E-state index in [1.807, 2.05) is 0 Å². The van der Waals surface area contributed by atoms with Gasteiger partial charge < -0.3 is 9.47 Å². The molecule has 0 aliphatic carbocycles. The Morgan fingerprint density at radius 1 is 1.56 bits per heavy atom. The zero-order chi connectivity index (χ0) is 7.28. The molecule has 0 bridgehead atoms. The van der Waals surface area contributed by atoms with E-state index in [0.717, 1.165) is 0 Å². The number of nitrogens with zero attached hydrogens (tertiary/aromatic N) is 1. The van der Waals surface area contributed by atoms with Gasteiger partial charge in [0.15, 0.2) is 0 Å². The van der Waals surface area contributed by atoms with Gasteiger partial charge in [-0.25, -0.2) is 4.79 Å². The number of hydrogen-bond donors (Lipinski definition) is 0. The van der Waals surface area contributed by atoms with Gasteiger partial charge in [-0.3, -0.25) is 4.90 Å². The van der Waals surface area contributed by atoms with Crippen molar-refractivity contribution in [2.24, 2.45) is 0 Å². The molecule has 0 N–H and O–H groups in total. The third kappa shape index (κ3) is 2.92. The van der Waals surface area contributed by atoms with Crippen LogP contribution >= 0.6 is 0 Å². The van der Waals surface area contributed by atoms with Gasteiger partial charge in [-0.1, -0.05) is 0 Å². The Balaban J connectivity index is 3.45. The lowest BCUT2D eigenvalue weighted by Gasteiger charge is -2.12. The number of carbonyl (C=O) groups excluding carboxylic acids is 1. The fourth-order valence-corrected chi connectivity index (χ4v) is 0.402. The monoisotopic (exact) mass is 133 g/mol. The normalized spacial score (nSPS) is 8.78. The summed E-state index contributed by atoms with van der Waals surface area (Å²) in [6.45, 7) is 0.257. The van der Waals surface area contributed by atoms with E-state index in [0.29, 0.717) is 0 Å². The van der Waals surface area contributed by atoms with Gasteiger partial charge >= 0.3 is 6.09 Å². The Hall–Kier alpha value is -0.770. The lowest BCUT2D eigenvalue weighted by molar-refractivity contribution is 0.0644. The maximum Gasteiger partial charge on any atom is 0.411 e. The van der Waals surface area contributed by atoms with Crippen molar-refractivity contribution < 1.29 is 14.3 Å². The second-order valence-electron chi connectivity index (χ2n) is 1.59. The summed E-state index contributed by atoms with van der Waals surface area (Å²) in [6, 6.07) is 0. The predicted octanol–water partition coefficient (Wildman–Crippen LogP) is 0.288. The number of hydrogen-bond acceptors (Lipinski definition) is 3. The van der Waals surface area contributed by atoms with Crippen molar-refractivity contribution in [3.8, 4) is 0 Å². The summed E-state index contributed by atoms with van der Waals surface area (Å²) in [5.41, 5.74) is 0. The molecule has 4 nitrogen and oxygen atoms in total. The van der Waals surface area contributed by atoms with Crippen molar-refractivity contribution in [3.63, 3.8) is 0 Å². The van der Waals surface area contributed by atoms with E-state index in [2.05, 4.69) is 9.47 Å². The van der Waals surface area contributed by atoms with Crippen LogP contribution in [0.5, 0.6) is 0 Å². The topological polar surface area (TPSA) is 38.8 Å². The average Bonchev–Trinajstić information content (AvgIpc) is 1.87. The predicted molar refractivity (Wildman–Crippen MR) is 32.0 cm³/mol. The molecule has 0 aromatic rings. The molecule has 0 aliphatic rings. The van der Waals surface area contributed by atoms with Crippen LogP contribution in [-0.2, 0) is 9.47 Å². The molecule has 9 heavy (non-hydrogen) atoms. The first-order valence-corrected chi connectivity index (χ1v) is 2.50. The fraction of sp³-hybridized carbons (Fsp3) is 0.800. The Morgan fingerprint density at radius 3 is 2.44 bits per heavy atom. The second kappa shape index (κ2) is 4.14. The molecule has 0 atom stereocenters. The highest BCUT2D eigenvalue weighted by atomic mass is 16.6. The molecule has 0 radical (unpaired) electrons. The molecule has 0 saturated carbocycles. The molecule has 0 aliphatic heterocycles. The molecular formula is C5H11NO3. The van der Waals surface area contributed by atoms with Crippen LogP contribution in [0.2, 0.25) is 0 Å². The highest BCUT2D eigenvalue weighted by Crippen LogP contribution is 1.85. The summed E-state index contributed by atoms with van der Waals surface area (Å²) in [5.74, 6) is 0. The first kappa shape index (κ1) is 8.23. The van der Waals surface area contributed by atoms with Gasteiger partial charge in [-0.15, -0.1) is 0 Å². The highest BCUT2D eigenvalue weighted by Gasteiger charge is 2.04. The van der Waals surface area contributed by atoms with Crippen molar-refractivity contribution >= 4 is 6.09 Å². The number of carbonyl (C=O) groups is 1. The van der Waals surface area contributed by atoms with E-state index in [1.54, 1.807) is 7.05 Å². The van der Waals surface area contributed by atoms with E-state index in [1.165, 1.54) is 19.1 Å². The summed E-state index contributed by atoms with van der Waals surface area (Å²) in [7, 11) is 4.43.